The summed E-state index contributed by atoms with van der Waals surface area (Å²) in [6.45, 7) is 5.94. The SMILES string of the molecule is CC(C)CN(Cc1ccc(Cl)cc1)S(=O)(=O)c1ccc(OC2CCNCC2O)cc1. The van der Waals surface area contributed by atoms with Crippen LogP contribution in [0.4, 0.5) is 0 Å². The van der Waals surface area contributed by atoms with Gasteiger partial charge in [-0.05, 0) is 60.8 Å². The summed E-state index contributed by atoms with van der Waals surface area (Å²) >= 11 is 5.95. The summed E-state index contributed by atoms with van der Waals surface area (Å²) in [5, 5.41) is 13.8. The largest absolute Gasteiger partial charge is 0.488 e. The van der Waals surface area contributed by atoms with Crippen molar-refractivity contribution in [1.29, 1.82) is 0 Å². The van der Waals surface area contributed by atoms with Crippen LogP contribution in [0.2, 0.25) is 5.02 Å². The van der Waals surface area contributed by atoms with E-state index in [0.29, 0.717) is 30.3 Å². The van der Waals surface area contributed by atoms with Crippen LogP contribution in [-0.2, 0) is 16.6 Å². The lowest BCUT2D eigenvalue weighted by atomic mass is 10.1. The molecule has 164 valence electrons. The zero-order valence-electron chi connectivity index (χ0n) is 17.3. The molecule has 1 fully saturated rings. The second kappa shape index (κ2) is 10.1. The highest BCUT2D eigenvalue weighted by atomic mass is 35.5. The molecule has 0 amide bonds. The van der Waals surface area contributed by atoms with Crippen LogP contribution in [0.1, 0.15) is 25.8 Å². The molecule has 8 heteroatoms. The van der Waals surface area contributed by atoms with Crippen molar-refractivity contribution in [3.05, 3.63) is 59.1 Å². The minimum absolute atomic E-state index is 0.177. The van der Waals surface area contributed by atoms with Gasteiger partial charge in [-0.2, -0.15) is 4.31 Å². The van der Waals surface area contributed by atoms with E-state index in [0.717, 1.165) is 12.1 Å². The molecule has 30 heavy (non-hydrogen) atoms. The lowest BCUT2D eigenvalue weighted by molar-refractivity contribution is 0.0162. The van der Waals surface area contributed by atoms with Gasteiger partial charge in [-0.15, -0.1) is 0 Å². The van der Waals surface area contributed by atoms with Crippen molar-refractivity contribution in [2.24, 2.45) is 5.92 Å². The third kappa shape index (κ3) is 5.95. The third-order valence-corrected chi connectivity index (χ3v) is 7.06. The summed E-state index contributed by atoms with van der Waals surface area (Å²) in [5.41, 5.74) is 0.878. The van der Waals surface area contributed by atoms with Gasteiger partial charge in [-0.25, -0.2) is 8.42 Å². The molecule has 6 nitrogen and oxygen atoms in total. The van der Waals surface area contributed by atoms with Gasteiger partial charge in [0.15, 0.2) is 0 Å². The molecule has 1 aliphatic heterocycles. The Morgan fingerprint density at radius 3 is 2.43 bits per heavy atom. The van der Waals surface area contributed by atoms with Gasteiger partial charge in [0.2, 0.25) is 10.0 Å². The quantitative estimate of drug-likeness (QED) is 0.642. The molecular weight excluding hydrogens is 424 g/mol. The van der Waals surface area contributed by atoms with Gasteiger partial charge in [0.1, 0.15) is 18.0 Å². The van der Waals surface area contributed by atoms with Crippen LogP contribution in [0.15, 0.2) is 53.4 Å². The summed E-state index contributed by atoms with van der Waals surface area (Å²) in [6.07, 6.45) is -0.177. The van der Waals surface area contributed by atoms with E-state index in [2.05, 4.69) is 5.32 Å². The number of sulfonamides is 1. The Bertz CT molecular complexity index is 917. The molecule has 1 saturated heterocycles. The van der Waals surface area contributed by atoms with Crippen LogP contribution < -0.4 is 10.1 Å². The number of nitrogens with one attached hydrogen (secondary N) is 1. The topological polar surface area (TPSA) is 78.9 Å². The van der Waals surface area contributed by atoms with Gasteiger partial charge in [-0.1, -0.05) is 37.6 Å². The second-order valence-electron chi connectivity index (χ2n) is 8.01. The van der Waals surface area contributed by atoms with Crippen molar-refractivity contribution in [2.75, 3.05) is 19.6 Å². The van der Waals surface area contributed by atoms with Crippen molar-refractivity contribution in [2.45, 2.75) is 43.9 Å². The van der Waals surface area contributed by atoms with Crippen LogP contribution in [-0.4, -0.2) is 49.7 Å². The van der Waals surface area contributed by atoms with Crippen molar-refractivity contribution >= 4 is 21.6 Å². The molecule has 1 aliphatic rings. The second-order valence-corrected chi connectivity index (χ2v) is 10.4. The number of halogens is 1. The molecule has 0 saturated carbocycles. The van der Waals surface area contributed by atoms with Gasteiger partial charge in [0.25, 0.3) is 0 Å². The number of aliphatic hydroxyl groups is 1. The van der Waals surface area contributed by atoms with Crippen molar-refractivity contribution in [3.63, 3.8) is 0 Å². The fourth-order valence-electron chi connectivity index (χ4n) is 3.42. The van der Waals surface area contributed by atoms with Gasteiger partial charge in [-0.3, -0.25) is 0 Å². The number of aliphatic hydroxyl groups excluding tert-OH is 1. The number of rotatable bonds is 8. The molecule has 0 aromatic heterocycles. The van der Waals surface area contributed by atoms with Crippen LogP contribution in [0.25, 0.3) is 0 Å². The van der Waals surface area contributed by atoms with Crippen molar-refractivity contribution in [3.8, 4) is 5.75 Å². The fraction of sp³-hybridized carbons (Fsp3) is 0.455. The maximum atomic E-state index is 13.3. The Hall–Kier alpha value is -1.64. The first-order valence-corrected chi connectivity index (χ1v) is 12.0. The Morgan fingerprint density at radius 2 is 1.83 bits per heavy atom. The minimum atomic E-state index is -3.68. The van der Waals surface area contributed by atoms with E-state index in [1.54, 1.807) is 36.4 Å². The minimum Gasteiger partial charge on any atom is -0.488 e. The van der Waals surface area contributed by atoms with Crippen LogP contribution in [0, 0.1) is 5.92 Å². The molecule has 3 rings (SSSR count). The summed E-state index contributed by atoms with van der Waals surface area (Å²) in [6, 6.07) is 13.6. The molecule has 0 spiro atoms. The average molecular weight is 453 g/mol. The Balaban J connectivity index is 1.77. The average Bonchev–Trinajstić information content (AvgIpc) is 2.71. The number of piperidine rings is 1. The molecule has 2 atom stereocenters. The lowest BCUT2D eigenvalue weighted by Gasteiger charge is -2.29. The maximum Gasteiger partial charge on any atom is 0.243 e. The number of nitrogens with zero attached hydrogens (tertiary/aromatic N) is 1. The Labute approximate surface area is 183 Å². The Morgan fingerprint density at radius 1 is 1.17 bits per heavy atom. The van der Waals surface area contributed by atoms with Gasteiger partial charge >= 0.3 is 0 Å². The highest BCUT2D eigenvalue weighted by Crippen LogP contribution is 2.24. The summed E-state index contributed by atoms with van der Waals surface area (Å²) in [7, 11) is -3.68. The molecule has 0 bridgehead atoms. The molecule has 2 aromatic rings. The number of ether oxygens (including phenoxy) is 1. The molecule has 0 radical (unpaired) electrons. The maximum absolute atomic E-state index is 13.3. The zero-order chi connectivity index (χ0) is 21.7. The summed E-state index contributed by atoms with van der Waals surface area (Å²) in [5.74, 6) is 0.726. The van der Waals surface area contributed by atoms with E-state index in [1.807, 2.05) is 26.0 Å². The molecule has 2 N–H and O–H groups in total. The Kier molecular flexibility index (Phi) is 7.76. The van der Waals surface area contributed by atoms with Crippen molar-refractivity contribution in [1.82, 2.24) is 9.62 Å². The zero-order valence-corrected chi connectivity index (χ0v) is 18.9. The van der Waals surface area contributed by atoms with Gasteiger partial charge < -0.3 is 15.2 Å². The van der Waals surface area contributed by atoms with Gasteiger partial charge in [0, 0.05) is 24.7 Å². The smallest absolute Gasteiger partial charge is 0.243 e. The lowest BCUT2D eigenvalue weighted by Crippen LogP contribution is -2.46. The first-order chi connectivity index (χ1) is 14.3. The molecule has 1 heterocycles. The van der Waals surface area contributed by atoms with E-state index in [-0.39, 0.29) is 23.5 Å². The van der Waals surface area contributed by atoms with Crippen LogP contribution >= 0.6 is 11.6 Å². The van der Waals surface area contributed by atoms with E-state index >= 15 is 0 Å². The number of benzene rings is 2. The normalized spacial score (nSPS) is 19.9. The highest BCUT2D eigenvalue weighted by molar-refractivity contribution is 7.89. The number of hydrogen-bond acceptors (Lipinski definition) is 5. The fourth-order valence-corrected chi connectivity index (χ4v) is 5.14. The summed E-state index contributed by atoms with van der Waals surface area (Å²) < 4.78 is 34.0. The predicted octanol–water partition coefficient (Wildman–Crippen LogP) is 3.29. The van der Waals surface area contributed by atoms with Crippen LogP contribution in [0.3, 0.4) is 0 Å². The molecule has 0 aliphatic carbocycles. The number of hydrogen-bond donors (Lipinski definition) is 2. The molecule has 2 unspecified atom stereocenters. The van der Waals surface area contributed by atoms with E-state index < -0.39 is 16.1 Å². The van der Waals surface area contributed by atoms with Gasteiger partial charge in [0.05, 0.1) is 4.90 Å². The summed E-state index contributed by atoms with van der Waals surface area (Å²) in [4.78, 5) is 0.218. The highest BCUT2D eigenvalue weighted by Gasteiger charge is 2.27. The monoisotopic (exact) mass is 452 g/mol. The third-order valence-electron chi connectivity index (χ3n) is 4.98. The number of β-amino-alcohol motifs (C(OH)–C–C–N with tert-alkyl or cyclic N) is 1. The predicted molar refractivity (Wildman–Crippen MR) is 118 cm³/mol. The molecule has 2 aromatic carbocycles. The van der Waals surface area contributed by atoms with E-state index in [4.69, 9.17) is 16.3 Å². The molecular formula is C22H29ClN2O4S. The van der Waals surface area contributed by atoms with Crippen molar-refractivity contribution < 1.29 is 18.3 Å². The first kappa shape index (κ1) is 23.0. The van der Waals surface area contributed by atoms with Crippen LogP contribution in [0.5, 0.6) is 5.75 Å². The van der Waals surface area contributed by atoms with E-state index in [1.165, 1.54) is 4.31 Å². The first-order valence-electron chi connectivity index (χ1n) is 10.2. The van der Waals surface area contributed by atoms with E-state index in [9.17, 15) is 13.5 Å². The standard InChI is InChI=1S/C22H29ClN2O4S/c1-16(2)14-25(15-17-3-5-18(23)6-4-17)30(27,28)20-9-7-19(8-10-20)29-22-11-12-24-13-21(22)26/h3-10,16,21-22,24,26H,11-15H2,1-2H3.